The Labute approximate surface area is 398 Å². The Morgan fingerprint density at radius 3 is 1.58 bits per heavy atom. The van der Waals surface area contributed by atoms with Gasteiger partial charge in [-0.15, -0.1) is 0 Å². The molecule has 0 radical (unpaired) electrons. The minimum atomic E-state index is -4.66. The lowest BCUT2D eigenvalue weighted by Gasteiger charge is -2.28. The Bertz CT molecular complexity index is 1350. The predicted molar refractivity (Wildman–Crippen MR) is 269 cm³/mol. The predicted octanol–water partition coefficient (Wildman–Crippen LogP) is 13.7. The van der Waals surface area contributed by atoms with Crippen LogP contribution in [0.3, 0.4) is 0 Å². The number of unbranched alkanes of at least 4 members (excludes halogenated alkanes) is 20. The molecule has 0 aromatic carbocycles. The fourth-order valence-corrected chi connectivity index (χ4v) is 7.55. The van der Waals surface area contributed by atoms with Gasteiger partial charge in [-0.25, -0.2) is 0 Å². The number of aliphatic hydroxyl groups excluding tert-OH is 1. The molecule has 2 unspecified atom stereocenters. The van der Waals surface area contributed by atoms with E-state index in [1.807, 2.05) is 57.6 Å². The van der Waals surface area contributed by atoms with Crippen LogP contribution in [-0.4, -0.2) is 81.2 Å². The van der Waals surface area contributed by atoms with E-state index in [4.69, 9.17) is 18.5 Å². The third-order valence-electron chi connectivity index (χ3n) is 10.8. The van der Waals surface area contributed by atoms with Gasteiger partial charge in [0.05, 0.1) is 33.9 Å². The largest absolute Gasteiger partial charge is 0.756 e. The summed E-state index contributed by atoms with van der Waals surface area (Å²) in [5, 5.41) is 9.86. The van der Waals surface area contributed by atoms with Crippen LogP contribution >= 0.6 is 7.82 Å². The van der Waals surface area contributed by atoms with Gasteiger partial charge >= 0.3 is 11.9 Å². The number of likely N-dealkylation sites (N-methyl/N-ethyl adjacent to an activating group) is 1. The molecule has 0 bridgehead atoms. The molecular weight excluding hydrogens is 838 g/mol. The molecule has 11 heteroatoms. The molecule has 0 aliphatic rings. The van der Waals surface area contributed by atoms with Crippen LogP contribution in [0.4, 0.5) is 0 Å². The van der Waals surface area contributed by atoms with E-state index in [9.17, 15) is 24.2 Å². The van der Waals surface area contributed by atoms with Crippen molar-refractivity contribution < 1.29 is 47.2 Å². The first kappa shape index (κ1) is 62.4. The van der Waals surface area contributed by atoms with Crippen molar-refractivity contribution >= 4 is 19.8 Å². The maximum Gasteiger partial charge on any atom is 0.306 e. The highest BCUT2D eigenvalue weighted by atomic mass is 31.2. The van der Waals surface area contributed by atoms with Crippen LogP contribution in [0.15, 0.2) is 72.9 Å². The summed E-state index contributed by atoms with van der Waals surface area (Å²) in [4.78, 5) is 37.7. The van der Waals surface area contributed by atoms with Gasteiger partial charge in [0.25, 0.3) is 7.82 Å². The van der Waals surface area contributed by atoms with Gasteiger partial charge in [-0.3, -0.25) is 14.2 Å². The quantitative estimate of drug-likeness (QED) is 0.0158. The van der Waals surface area contributed by atoms with Crippen molar-refractivity contribution in [1.29, 1.82) is 0 Å². The first-order valence-electron chi connectivity index (χ1n) is 25.8. The van der Waals surface area contributed by atoms with E-state index < -0.39 is 38.6 Å². The number of quaternary nitrogens is 1. The summed E-state index contributed by atoms with van der Waals surface area (Å²) >= 11 is 0. The van der Waals surface area contributed by atoms with Crippen molar-refractivity contribution in [2.24, 2.45) is 0 Å². The highest BCUT2D eigenvalue weighted by Gasteiger charge is 2.21. The van der Waals surface area contributed by atoms with Crippen molar-refractivity contribution in [3.63, 3.8) is 0 Å². The minimum Gasteiger partial charge on any atom is -0.756 e. The van der Waals surface area contributed by atoms with E-state index in [0.717, 1.165) is 38.5 Å². The van der Waals surface area contributed by atoms with Gasteiger partial charge in [-0.2, -0.15) is 0 Å². The first-order chi connectivity index (χ1) is 31.4. The van der Waals surface area contributed by atoms with Gasteiger partial charge in [0.1, 0.15) is 19.8 Å². The van der Waals surface area contributed by atoms with Crippen molar-refractivity contribution in [3.05, 3.63) is 72.9 Å². The molecule has 65 heavy (non-hydrogen) atoms. The molecule has 0 heterocycles. The second-order valence-electron chi connectivity index (χ2n) is 18.4. The van der Waals surface area contributed by atoms with Crippen molar-refractivity contribution in [1.82, 2.24) is 0 Å². The van der Waals surface area contributed by atoms with E-state index in [-0.39, 0.29) is 26.1 Å². The smallest absolute Gasteiger partial charge is 0.306 e. The number of nitrogens with zero attached hydrogens (tertiary/aromatic N) is 1. The fourth-order valence-electron chi connectivity index (χ4n) is 6.82. The summed E-state index contributed by atoms with van der Waals surface area (Å²) < 4.78 is 33.9. The van der Waals surface area contributed by atoms with Crippen molar-refractivity contribution in [2.45, 2.75) is 212 Å². The number of esters is 2. The number of hydrogen-bond donors (Lipinski definition) is 1. The Hall–Kier alpha value is -2.59. The molecule has 3 atom stereocenters. The summed E-state index contributed by atoms with van der Waals surface area (Å²) in [5.41, 5.74) is 0. The third-order valence-corrected chi connectivity index (χ3v) is 11.8. The lowest BCUT2D eigenvalue weighted by Crippen LogP contribution is -2.37. The van der Waals surface area contributed by atoms with Crippen LogP contribution in [0.2, 0.25) is 0 Å². The van der Waals surface area contributed by atoms with Crippen LogP contribution in [0.5, 0.6) is 0 Å². The number of allylic oxidation sites excluding steroid dienone is 10. The summed E-state index contributed by atoms with van der Waals surface area (Å²) in [6.07, 6.45) is 54.3. The van der Waals surface area contributed by atoms with Crippen LogP contribution < -0.4 is 4.89 Å². The van der Waals surface area contributed by atoms with Gasteiger partial charge < -0.3 is 33.0 Å². The topological polar surface area (TPSA) is 131 Å². The van der Waals surface area contributed by atoms with Gasteiger partial charge in [-0.05, 0) is 44.9 Å². The highest BCUT2D eigenvalue weighted by Crippen LogP contribution is 2.38. The second-order valence-corrected chi connectivity index (χ2v) is 19.8. The molecule has 0 spiro atoms. The van der Waals surface area contributed by atoms with E-state index in [2.05, 4.69) is 44.2 Å². The van der Waals surface area contributed by atoms with E-state index >= 15 is 0 Å². The summed E-state index contributed by atoms with van der Waals surface area (Å²) in [7, 11) is 1.09. The lowest BCUT2D eigenvalue weighted by molar-refractivity contribution is -0.870. The molecule has 0 aliphatic carbocycles. The highest BCUT2D eigenvalue weighted by molar-refractivity contribution is 7.45. The molecule has 0 fully saturated rings. The molecule has 10 nitrogen and oxygen atoms in total. The molecule has 0 rings (SSSR count). The van der Waals surface area contributed by atoms with Gasteiger partial charge in [0, 0.05) is 12.8 Å². The number of ether oxygens (including phenoxy) is 2. The maximum atomic E-state index is 12.7. The summed E-state index contributed by atoms with van der Waals surface area (Å²) in [6, 6.07) is 0. The second kappa shape index (κ2) is 45.2. The fraction of sp³-hybridized carbons (Fsp3) is 0.741. The van der Waals surface area contributed by atoms with Gasteiger partial charge in [0.15, 0.2) is 6.10 Å². The molecule has 0 aromatic rings. The minimum absolute atomic E-state index is 0.0535. The zero-order valence-corrected chi connectivity index (χ0v) is 42.9. The van der Waals surface area contributed by atoms with Gasteiger partial charge in [0.2, 0.25) is 0 Å². The Balaban J connectivity index is 4.38. The van der Waals surface area contributed by atoms with Crippen molar-refractivity contribution in [2.75, 3.05) is 47.5 Å². The molecular formula is C54H96NO9P. The Kier molecular flexibility index (Phi) is 43.4. The molecule has 0 aliphatic heterocycles. The standard InChI is InChI=1S/C54H96NO9P/c1-6-8-10-11-12-13-14-15-16-17-18-19-20-21-22-25-28-31-34-37-41-45-53(57)61-49-52(50-63-65(59,60)62-48-47-55(3,4)5)64-54(58)46-42-38-35-32-29-26-23-24-27-30-33-36-40-44-51(56)43-39-9-7-2/h9,24,26-27,29,33,35-36,38-40,44,51-52,56H,6-8,10-23,25,28,30-32,34,37,41-43,45-50H2,1-5H3/b27-24-,29-26-,36-33+,38-35-,39-9-,44-40+/t51?,52-/m1/s1. The molecule has 1 N–H and O–H groups in total. The molecule has 0 saturated carbocycles. The zero-order valence-electron chi connectivity index (χ0n) is 42.0. The average Bonchev–Trinajstić information content (AvgIpc) is 3.26. The average molecular weight is 934 g/mol. The Morgan fingerprint density at radius 1 is 0.585 bits per heavy atom. The van der Waals surface area contributed by atoms with Crippen LogP contribution in [-0.2, 0) is 32.7 Å². The Morgan fingerprint density at radius 2 is 1.08 bits per heavy atom. The molecule has 0 saturated heterocycles. The van der Waals surface area contributed by atoms with Crippen molar-refractivity contribution in [3.8, 4) is 0 Å². The number of carbonyl (C=O) groups excluding carboxylic acids is 2. The molecule has 376 valence electrons. The number of aliphatic hydroxyl groups is 1. The maximum absolute atomic E-state index is 12.7. The third kappa shape index (κ3) is 49.1. The zero-order chi connectivity index (χ0) is 48.0. The van der Waals surface area contributed by atoms with Gasteiger partial charge in [-0.1, -0.05) is 215 Å². The van der Waals surface area contributed by atoms with E-state index in [1.165, 1.54) is 116 Å². The first-order valence-corrected chi connectivity index (χ1v) is 27.2. The summed E-state index contributed by atoms with van der Waals surface area (Å²) in [5.74, 6) is -0.950. The number of carbonyl (C=O) groups is 2. The molecule has 0 amide bonds. The van der Waals surface area contributed by atoms with Crippen LogP contribution in [0, 0.1) is 0 Å². The van der Waals surface area contributed by atoms with E-state index in [1.54, 1.807) is 6.08 Å². The number of rotatable bonds is 46. The summed E-state index contributed by atoms with van der Waals surface area (Å²) in [6.45, 7) is 3.94. The number of phosphoric ester groups is 1. The SMILES string of the molecule is CC/C=C\CC(O)/C=C/C=C/C/C=C\C/C=C\C/C=C\CCC(=O)O[C@H](COC(=O)CCCCCCCCCCCCCCCCCCCCCCC)COP(=O)([O-])OCC[N+](C)(C)C. The lowest BCUT2D eigenvalue weighted by atomic mass is 10.0. The van der Waals surface area contributed by atoms with Crippen LogP contribution in [0.25, 0.3) is 0 Å². The number of phosphoric acid groups is 1. The normalized spacial score (nSPS) is 14.5. The molecule has 0 aromatic heterocycles. The van der Waals surface area contributed by atoms with E-state index in [0.29, 0.717) is 30.3 Å². The van der Waals surface area contributed by atoms with Crippen LogP contribution in [0.1, 0.15) is 200 Å². The monoisotopic (exact) mass is 934 g/mol. The number of hydrogen-bond acceptors (Lipinski definition) is 9.